The molecule has 0 atom stereocenters. The highest BCUT2D eigenvalue weighted by Crippen LogP contribution is 2.17. The zero-order valence-corrected chi connectivity index (χ0v) is 5.01. The Morgan fingerprint density at radius 2 is 1.75 bits per heavy atom. The van der Waals surface area contributed by atoms with E-state index in [2.05, 4.69) is 6.58 Å². The van der Waals surface area contributed by atoms with Gasteiger partial charge in [0.15, 0.2) is 0 Å². The van der Waals surface area contributed by atoms with Gasteiger partial charge in [-0.25, -0.2) is 4.79 Å². The third kappa shape index (κ3) is 0.358. The fourth-order valence-electron chi connectivity index (χ4n) is 0.626. The van der Waals surface area contributed by atoms with Crippen LogP contribution >= 0.6 is 0 Å². The summed E-state index contributed by atoms with van der Waals surface area (Å²) in [6.07, 6.45) is 0. The maximum atomic E-state index is 10.6. The Morgan fingerprint density at radius 3 is 1.88 bits per heavy atom. The monoisotopic (exact) mass is 112 g/mol. The molecule has 1 aliphatic heterocycles. The van der Waals surface area contributed by atoms with E-state index in [1.807, 2.05) is 0 Å². The maximum Gasteiger partial charge on any atom is 0.330 e. The fourth-order valence-corrected chi connectivity index (χ4v) is 0.626. The van der Waals surface area contributed by atoms with Crippen molar-refractivity contribution in [1.29, 1.82) is 0 Å². The number of nitrogens with zero attached hydrogens (tertiary/aromatic N) is 2. The highest BCUT2D eigenvalue weighted by atomic mass is 16.2. The average molecular weight is 112 g/mol. The van der Waals surface area contributed by atoms with Crippen molar-refractivity contribution in [1.82, 2.24) is 9.80 Å². The Balaban J connectivity index is 2.68. The van der Waals surface area contributed by atoms with Gasteiger partial charge in [0.05, 0.1) is 0 Å². The van der Waals surface area contributed by atoms with E-state index in [4.69, 9.17) is 0 Å². The Morgan fingerprint density at radius 1 is 1.38 bits per heavy atom. The van der Waals surface area contributed by atoms with Gasteiger partial charge < -0.3 is 0 Å². The average Bonchev–Trinajstić information content (AvgIpc) is 1.83. The standard InChI is InChI=1S/C5H8N2O/c1-4-6(2)5(8)7(4)3/h1H2,2-3H3. The molecular formula is C5H8N2O. The molecule has 0 unspecified atom stereocenters. The van der Waals surface area contributed by atoms with Crippen molar-refractivity contribution in [2.24, 2.45) is 0 Å². The van der Waals surface area contributed by atoms with Crippen LogP contribution in [0.1, 0.15) is 0 Å². The molecule has 3 nitrogen and oxygen atoms in total. The van der Waals surface area contributed by atoms with Gasteiger partial charge in [-0.05, 0) is 0 Å². The summed E-state index contributed by atoms with van der Waals surface area (Å²) < 4.78 is 0. The van der Waals surface area contributed by atoms with Crippen molar-refractivity contribution in [2.45, 2.75) is 0 Å². The van der Waals surface area contributed by atoms with Gasteiger partial charge in [-0.2, -0.15) is 0 Å². The summed E-state index contributed by atoms with van der Waals surface area (Å²) in [5, 5.41) is 0. The van der Waals surface area contributed by atoms with Gasteiger partial charge in [-0.3, -0.25) is 9.80 Å². The summed E-state index contributed by atoms with van der Waals surface area (Å²) in [4.78, 5) is 13.6. The number of amides is 2. The van der Waals surface area contributed by atoms with Gasteiger partial charge in [0, 0.05) is 14.1 Å². The second-order valence-corrected chi connectivity index (χ2v) is 1.82. The van der Waals surface area contributed by atoms with E-state index in [0.29, 0.717) is 0 Å². The van der Waals surface area contributed by atoms with Crippen LogP contribution in [0.15, 0.2) is 12.4 Å². The van der Waals surface area contributed by atoms with E-state index < -0.39 is 0 Å². The summed E-state index contributed by atoms with van der Waals surface area (Å²) in [7, 11) is 3.40. The molecule has 0 bridgehead atoms. The lowest BCUT2D eigenvalue weighted by Crippen LogP contribution is -2.52. The van der Waals surface area contributed by atoms with Crippen LogP contribution in [0.25, 0.3) is 0 Å². The molecule has 44 valence electrons. The molecule has 0 N–H and O–H groups in total. The maximum absolute atomic E-state index is 10.6. The fraction of sp³-hybridized carbons (Fsp3) is 0.400. The quantitative estimate of drug-likeness (QED) is 0.446. The molecule has 0 saturated carbocycles. The van der Waals surface area contributed by atoms with Gasteiger partial charge in [-0.15, -0.1) is 0 Å². The van der Waals surface area contributed by atoms with E-state index in [1.165, 1.54) is 9.80 Å². The Bertz CT molecular complexity index is 123. The van der Waals surface area contributed by atoms with E-state index in [9.17, 15) is 4.79 Å². The van der Waals surface area contributed by atoms with Crippen LogP contribution in [-0.4, -0.2) is 29.9 Å². The number of carbonyl (C=O) groups is 1. The minimum absolute atomic E-state index is 0.00926. The zero-order chi connectivity index (χ0) is 6.31. The lowest BCUT2D eigenvalue weighted by molar-refractivity contribution is 0.140. The molecule has 0 aliphatic carbocycles. The van der Waals surface area contributed by atoms with Gasteiger partial charge in [-0.1, -0.05) is 6.58 Å². The van der Waals surface area contributed by atoms with Crippen LogP contribution in [-0.2, 0) is 0 Å². The van der Waals surface area contributed by atoms with Crippen molar-refractivity contribution < 1.29 is 4.79 Å². The predicted octanol–water partition coefficient (Wildman–Crippen LogP) is 0.455. The molecule has 1 saturated heterocycles. The van der Waals surface area contributed by atoms with Crippen LogP contribution in [0.3, 0.4) is 0 Å². The van der Waals surface area contributed by atoms with Crippen molar-refractivity contribution in [3.63, 3.8) is 0 Å². The predicted molar refractivity (Wildman–Crippen MR) is 30.1 cm³/mol. The molecule has 1 heterocycles. The van der Waals surface area contributed by atoms with E-state index in [0.717, 1.165) is 5.82 Å². The normalized spacial score (nSPS) is 19.2. The molecular weight excluding hydrogens is 104 g/mol. The molecule has 0 aromatic carbocycles. The zero-order valence-electron chi connectivity index (χ0n) is 5.01. The molecule has 0 aromatic heterocycles. The molecule has 8 heavy (non-hydrogen) atoms. The SMILES string of the molecule is C=C1N(C)C(=O)N1C. The third-order valence-electron chi connectivity index (χ3n) is 1.35. The lowest BCUT2D eigenvalue weighted by Gasteiger charge is -2.38. The lowest BCUT2D eigenvalue weighted by atomic mass is 10.4. The number of urea groups is 1. The summed E-state index contributed by atoms with van der Waals surface area (Å²) in [5.74, 6) is 0.759. The first-order valence-corrected chi connectivity index (χ1v) is 2.35. The highest BCUT2D eigenvalue weighted by Gasteiger charge is 2.30. The number of carbonyl (C=O) groups excluding carboxylic acids is 1. The second kappa shape index (κ2) is 1.24. The molecule has 0 aromatic rings. The Kier molecular flexibility index (Phi) is 0.802. The summed E-state index contributed by atoms with van der Waals surface area (Å²) in [6.45, 7) is 3.60. The molecule has 1 aliphatic rings. The van der Waals surface area contributed by atoms with Gasteiger partial charge >= 0.3 is 6.03 Å². The first-order chi connectivity index (χ1) is 3.64. The van der Waals surface area contributed by atoms with Crippen LogP contribution in [0.4, 0.5) is 4.79 Å². The van der Waals surface area contributed by atoms with Gasteiger partial charge in [0.1, 0.15) is 5.82 Å². The van der Waals surface area contributed by atoms with E-state index in [1.54, 1.807) is 14.1 Å². The number of hydrogen-bond acceptors (Lipinski definition) is 1. The topological polar surface area (TPSA) is 23.6 Å². The molecule has 0 radical (unpaired) electrons. The van der Waals surface area contributed by atoms with E-state index >= 15 is 0 Å². The number of hydrogen-bond donors (Lipinski definition) is 0. The highest BCUT2D eigenvalue weighted by molar-refractivity contribution is 5.84. The minimum atomic E-state index is 0.00926. The minimum Gasteiger partial charge on any atom is -0.283 e. The summed E-state index contributed by atoms with van der Waals surface area (Å²) in [6, 6.07) is 0.00926. The van der Waals surface area contributed by atoms with Crippen LogP contribution in [0, 0.1) is 0 Å². The van der Waals surface area contributed by atoms with Crippen molar-refractivity contribution in [3.05, 3.63) is 12.4 Å². The summed E-state index contributed by atoms with van der Waals surface area (Å²) >= 11 is 0. The Labute approximate surface area is 48.2 Å². The smallest absolute Gasteiger partial charge is 0.283 e. The van der Waals surface area contributed by atoms with Crippen LogP contribution in [0.2, 0.25) is 0 Å². The largest absolute Gasteiger partial charge is 0.330 e. The van der Waals surface area contributed by atoms with E-state index in [-0.39, 0.29) is 6.03 Å². The first kappa shape index (κ1) is 5.15. The van der Waals surface area contributed by atoms with Crippen molar-refractivity contribution in [2.75, 3.05) is 14.1 Å². The van der Waals surface area contributed by atoms with Crippen molar-refractivity contribution in [3.8, 4) is 0 Å². The van der Waals surface area contributed by atoms with Crippen molar-refractivity contribution >= 4 is 6.03 Å². The molecule has 2 amide bonds. The molecule has 1 fully saturated rings. The molecule has 3 heteroatoms. The molecule has 1 rings (SSSR count). The van der Waals surface area contributed by atoms with Crippen LogP contribution in [0.5, 0.6) is 0 Å². The Hall–Kier alpha value is -0.990. The third-order valence-corrected chi connectivity index (χ3v) is 1.35. The number of rotatable bonds is 0. The van der Waals surface area contributed by atoms with Crippen LogP contribution < -0.4 is 0 Å². The molecule has 0 spiro atoms. The second-order valence-electron chi connectivity index (χ2n) is 1.82. The van der Waals surface area contributed by atoms with Gasteiger partial charge in [0.25, 0.3) is 0 Å². The summed E-state index contributed by atoms with van der Waals surface area (Å²) in [5.41, 5.74) is 0. The first-order valence-electron chi connectivity index (χ1n) is 2.35. The van der Waals surface area contributed by atoms with Gasteiger partial charge in [0.2, 0.25) is 0 Å².